The molecule has 3 rings (SSSR count). The number of carbonyl (C=O) groups excluding carboxylic acids is 1. The number of rotatable bonds is 2. The smallest absolute Gasteiger partial charge is 0.255 e. The first-order valence-corrected chi connectivity index (χ1v) is 7.42. The Bertz CT molecular complexity index is 514. The molecular formula is C16H23N3O. The average molecular weight is 273 g/mol. The summed E-state index contributed by atoms with van der Waals surface area (Å²) in [6.45, 7) is 2.14. The van der Waals surface area contributed by atoms with Crippen LogP contribution in [0.15, 0.2) is 18.2 Å². The molecule has 0 aromatic heterocycles. The molecule has 108 valence electrons. The molecule has 2 N–H and O–H groups in total. The molecule has 2 fully saturated rings. The van der Waals surface area contributed by atoms with Crippen molar-refractivity contribution in [1.29, 1.82) is 0 Å². The fourth-order valence-electron chi connectivity index (χ4n) is 3.66. The standard InChI is InChI=1S/C16H23N3O/c1-18(2)16(20)14-7-6-13(17)8-15(14)19-9-11-4-3-5-12(11)10-19/h6-8,11-12H,3-5,9-10,17H2,1-2H3. The van der Waals surface area contributed by atoms with Crippen molar-refractivity contribution >= 4 is 17.3 Å². The van der Waals surface area contributed by atoms with Gasteiger partial charge in [0, 0.05) is 32.9 Å². The van der Waals surface area contributed by atoms with E-state index in [1.807, 2.05) is 18.2 Å². The van der Waals surface area contributed by atoms with Crippen LogP contribution in [0.5, 0.6) is 0 Å². The van der Waals surface area contributed by atoms with Crippen LogP contribution in [0.1, 0.15) is 29.6 Å². The third kappa shape index (κ3) is 2.23. The summed E-state index contributed by atoms with van der Waals surface area (Å²) in [5.74, 6) is 1.66. The molecule has 1 aromatic rings. The van der Waals surface area contributed by atoms with Gasteiger partial charge in [-0.2, -0.15) is 0 Å². The summed E-state index contributed by atoms with van der Waals surface area (Å²) in [4.78, 5) is 16.3. The maximum absolute atomic E-state index is 12.3. The van der Waals surface area contributed by atoms with Crippen LogP contribution in [-0.2, 0) is 0 Å². The van der Waals surface area contributed by atoms with Crippen LogP contribution in [0.2, 0.25) is 0 Å². The average Bonchev–Trinajstić information content (AvgIpc) is 2.98. The van der Waals surface area contributed by atoms with E-state index in [0.717, 1.165) is 41.9 Å². The van der Waals surface area contributed by atoms with Gasteiger partial charge in [0.25, 0.3) is 5.91 Å². The van der Waals surface area contributed by atoms with Gasteiger partial charge < -0.3 is 15.5 Å². The van der Waals surface area contributed by atoms with E-state index in [2.05, 4.69) is 4.90 Å². The van der Waals surface area contributed by atoms with Crippen LogP contribution in [0.3, 0.4) is 0 Å². The molecule has 1 saturated heterocycles. The summed E-state index contributed by atoms with van der Waals surface area (Å²) < 4.78 is 0. The minimum Gasteiger partial charge on any atom is -0.399 e. The lowest BCUT2D eigenvalue weighted by Gasteiger charge is -2.24. The maximum Gasteiger partial charge on any atom is 0.255 e. The topological polar surface area (TPSA) is 49.6 Å². The molecule has 0 spiro atoms. The van der Waals surface area contributed by atoms with Crippen molar-refractivity contribution in [2.75, 3.05) is 37.8 Å². The van der Waals surface area contributed by atoms with Crippen LogP contribution < -0.4 is 10.6 Å². The molecule has 1 heterocycles. The van der Waals surface area contributed by atoms with Gasteiger partial charge in [0.1, 0.15) is 0 Å². The van der Waals surface area contributed by atoms with Crippen LogP contribution in [0.4, 0.5) is 11.4 Å². The van der Waals surface area contributed by atoms with Crippen molar-refractivity contribution in [1.82, 2.24) is 4.90 Å². The summed E-state index contributed by atoms with van der Waals surface area (Å²) in [6.07, 6.45) is 4.03. The lowest BCUT2D eigenvalue weighted by Crippen LogP contribution is -2.27. The summed E-state index contributed by atoms with van der Waals surface area (Å²) >= 11 is 0. The molecule has 1 aliphatic carbocycles. The molecule has 0 bridgehead atoms. The second kappa shape index (κ2) is 5.00. The molecule has 1 saturated carbocycles. The largest absolute Gasteiger partial charge is 0.399 e. The number of benzene rings is 1. The second-order valence-electron chi connectivity index (χ2n) is 6.33. The molecule has 2 unspecified atom stereocenters. The van der Waals surface area contributed by atoms with Gasteiger partial charge in [-0.3, -0.25) is 4.79 Å². The van der Waals surface area contributed by atoms with E-state index in [1.165, 1.54) is 19.3 Å². The number of hydrogen-bond donors (Lipinski definition) is 1. The Kier molecular flexibility index (Phi) is 3.32. The van der Waals surface area contributed by atoms with Crippen LogP contribution in [0, 0.1) is 11.8 Å². The zero-order valence-corrected chi connectivity index (χ0v) is 12.3. The number of anilines is 2. The van der Waals surface area contributed by atoms with Gasteiger partial charge in [-0.25, -0.2) is 0 Å². The molecule has 1 aromatic carbocycles. The Morgan fingerprint density at radius 1 is 1.25 bits per heavy atom. The molecule has 2 atom stereocenters. The van der Waals surface area contributed by atoms with E-state index < -0.39 is 0 Å². The van der Waals surface area contributed by atoms with Crippen LogP contribution in [0.25, 0.3) is 0 Å². The number of nitrogen functional groups attached to an aromatic ring is 1. The first-order chi connectivity index (χ1) is 9.56. The predicted octanol–water partition coefficient (Wildman–Crippen LogP) is 2.21. The van der Waals surface area contributed by atoms with Gasteiger partial charge in [0.05, 0.1) is 11.3 Å². The van der Waals surface area contributed by atoms with Crippen molar-refractivity contribution in [2.45, 2.75) is 19.3 Å². The maximum atomic E-state index is 12.3. The minimum absolute atomic E-state index is 0.0528. The first kappa shape index (κ1) is 13.3. The van der Waals surface area contributed by atoms with Gasteiger partial charge in [-0.1, -0.05) is 6.42 Å². The zero-order chi connectivity index (χ0) is 14.3. The van der Waals surface area contributed by atoms with Crippen molar-refractivity contribution < 1.29 is 4.79 Å². The molecule has 20 heavy (non-hydrogen) atoms. The zero-order valence-electron chi connectivity index (χ0n) is 12.3. The van der Waals surface area contributed by atoms with Gasteiger partial charge in [-0.05, 0) is 42.9 Å². The molecule has 4 heteroatoms. The number of fused-ring (bicyclic) bond motifs is 1. The predicted molar refractivity (Wildman–Crippen MR) is 81.9 cm³/mol. The molecule has 0 radical (unpaired) electrons. The van der Waals surface area contributed by atoms with Gasteiger partial charge >= 0.3 is 0 Å². The van der Waals surface area contributed by atoms with Gasteiger partial charge in [0.15, 0.2) is 0 Å². The van der Waals surface area contributed by atoms with E-state index in [1.54, 1.807) is 19.0 Å². The Hall–Kier alpha value is -1.71. The Morgan fingerprint density at radius 3 is 2.50 bits per heavy atom. The van der Waals surface area contributed by atoms with Gasteiger partial charge in [0.2, 0.25) is 0 Å². The van der Waals surface area contributed by atoms with Crippen molar-refractivity contribution in [3.63, 3.8) is 0 Å². The number of nitrogens with two attached hydrogens (primary N) is 1. The quantitative estimate of drug-likeness (QED) is 0.840. The highest BCUT2D eigenvalue weighted by Gasteiger charge is 2.37. The summed E-state index contributed by atoms with van der Waals surface area (Å²) in [5, 5.41) is 0. The van der Waals surface area contributed by atoms with Crippen molar-refractivity contribution in [3.05, 3.63) is 23.8 Å². The third-order valence-corrected chi connectivity index (χ3v) is 4.73. The Labute approximate surface area is 120 Å². The number of hydrogen-bond acceptors (Lipinski definition) is 3. The SMILES string of the molecule is CN(C)C(=O)c1ccc(N)cc1N1CC2CCCC2C1. The Morgan fingerprint density at radius 2 is 1.90 bits per heavy atom. The third-order valence-electron chi connectivity index (χ3n) is 4.73. The lowest BCUT2D eigenvalue weighted by atomic mass is 10.0. The highest BCUT2D eigenvalue weighted by atomic mass is 16.2. The summed E-state index contributed by atoms with van der Waals surface area (Å²) in [7, 11) is 3.59. The molecule has 2 aliphatic rings. The first-order valence-electron chi connectivity index (χ1n) is 7.42. The van der Waals surface area contributed by atoms with Crippen molar-refractivity contribution in [3.8, 4) is 0 Å². The molecule has 1 amide bonds. The van der Waals surface area contributed by atoms with Gasteiger partial charge in [-0.15, -0.1) is 0 Å². The molecule has 1 aliphatic heterocycles. The normalized spacial score (nSPS) is 24.8. The van der Waals surface area contributed by atoms with Crippen LogP contribution >= 0.6 is 0 Å². The summed E-state index contributed by atoms with van der Waals surface area (Å²) in [5.41, 5.74) is 8.44. The fourth-order valence-corrected chi connectivity index (χ4v) is 3.66. The Balaban J connectivity index is 1.92. The van der Waals surface area contributed by atoms with Crippen molar-refractivity contribution in [2.24, 2.45) is 11.8 Å². The van der Waals surface area contributed by atoms with E-state index in [0.29, 0.717) is 0 Å². The monoisotopic (exact) mass is 273 g/mol. The van der Waals surface area contributed by atoms with E-state index in [9.17, 15) is 4.79 Å². The number of nitrogens with zero attached hydrogens (tertiary/aromatic N) is 2. The van der Waals surface area contributed by atoms with Crippen LogP contribution in [-0.4, -0.2) is 38.0 Å². The molecule has 4 nitrogen and oxygen atoms in total. The number of amides is 1. The molecular weight excluding hydrogens is 250 g/mol. The summed E-state index contributed by atoms with van der Waals surface area (Å²) in [6, 6.07) is 5.63. The fraction of sp³-hybridized carbons (Fsp3) is 0.562. The highest BCUT2D eigenvalue weighted by molar-refractivity contribution is 6.00. The van der Waals surface area contributed by atoms with E-state index in [4.69, 9.17) is 5.73 Å². The van der Waals surface area contributed by atoms with E-state index >= 15 is 0 Å². The number of carbonyl (C=O) groups is 1. The van der Waals surface area contributed by atoms with E-state index in [-0.39, 0.29) is 5.91 Å². The minimum atomic E-state index is 0.0528. The highest BCUT2D eigenvalue weighted by Crippen LogP contribution is 2.40. The lowest BCUT2D eigenvalue weighted by molar-refractivity contribution is 0.0828. The second-order valence-corrected chi connectivity index (χ2v) is 6.33.